The van der Waals surface area contributed by atoms with E-state index in [4.69, 9.17) is 9.26 Å². The number of halogens is 1. The molecule has 2 amide bonds. The van der Waals surface area contributed by atoms with Crippen molar-refractivity contribution in [2.24, 2.45) is 0 Å². The number of carbonyl (C=O) groups excluding carboxylic acids is 2. The smallest absolute Gasteiger partial charge is 0.316 e. The van der Waals surface area contributed by atoms with E-state index in [0.717, 1.165) is 25.7 Å². The van der Waals surface area contributed by atoms with E-state index in [9.17, 15) is 9.59 Å². The lowest BCUT2D eigenvalue weighted by Crippen LogP contribution is -2.36. The number of aromatic nitrogens is 4. The summed E-state index contributed by atoms with van der Waals surface area (Å²) in [5.74, 6) is 0.0524. The molecule has 0 saturated heterocycles. The lowest BCUT2D eigenvalue weighted by Gasteiger charge is -2.10. The number of aryl methyl sites for hydroxylation is 1. The molecule has 0 aliphatic heterocycles. The van der Waals surface area contributed by atoms with Crippen LogP contribution in [0.4, 0.5) is 0 Å². The molecule has 0 radical (unpaired) electrons. The van der Waals surface area contributed by atoms with Crippen LogP contribution in [0, 0.1) is 17.4 Å². The molecule has 2 aromatic carbocycles. The van der Waals surface area contributed by atoms with Gasteiger partial charge in [-0.1, -0.05) is 41.6 Å². The molecule has 34 heavy (non-hydrogen) atoms. The number of carbonyl (C=O) groups is 2. The molecule has 2 aromatic heterocycles. The first-order valence-corrected chi connectivity index (χ1v) is 11.7. The molecule has 0 fully saturated rings. The van der Waals surface area contributed by atoms with E-state index < -0.39 is 5.91 Å². The van der Waals surface area contributed by atoms with Crippen molar-refractivity contribution in [3.05, 3.63) is 69.1 Å². The van der Waals surface area contributed by atoms with E-state index in [1.165, 1.54) is 0 Å². The second kappa shape index (κ2) is 10.6. The van der Waals surface area contributed by atoms with Gasteiger partial charge >= 0.3 is 11.8 Å². The molecule has 176 valence electrons. The van der Waals surface area contributed by atoms with Crippen LogP contribution >= 0.6 is 22.6 Å². The number of benzene rings is 2. The molecule has 10 nitrogen and oxygen atoms in total. The zero-order chi connectivity index (χ0) is 24.1. The first-order valence-electron chi connectivity index (χ1n) is 10.6. The van der Waals surface area contributed by atoms with Gasteiger partial charge in [-0.25, -0.2) is 0 Å². The van der Waals surface area contributed by atoms with Crippen molar-refractivity contribution in [1.29, 1.82) is 0 Å². The van der Waals surface area contributed by atoms with Crippen LogP contribution in [0.2, 0.25) is 0 Å². The lowest BCUT2D eigenvalue weighted by atomic mass is 10.1. The molecule has 2 N–H and O–H groups in total. The Bertz CT molecular complexity index is 1330. The summed E-state index contributed by atoms with van der Waals surface area (Å²) in [7, 11) is 0. The van der Waals surface area contributed by atoms with E-state index in [1.54, 1.807) is 4.68 Å². The van der Waals surface area contributed by atoms with E-state index >= 15 is 0 Å². The van der Waals surface area contributed by atoms with Gasteiger partial charge in [0, 0.05) is 24.2 Å². The van der Waals surface area contributed by atoms with Gasteiger partial charge in [-0.15, -0.1) is 0 Å². The van der Waals surface area contributed by atoms with E-state index in [0.29, 0.717) is 18.1 Å². The lowest BCUT2D eigenvalue weighted by molar-refractivity contribution is -0.123. The zero-order valence-corrected chi connectivity index (χ0v) is 20.8. The summed E-state index contributed by atoms with van der Waals surface area (Å²) < 4.78 is 13.5. The maximum atomic E-state index is 12.2. The van der Waals surface area contributed by atoms with Crippen molar-refractivity contribution in [1.82, 2.24) is 30.6 Å². The Morgan fingerprint density at radius 1 is 1.09 bits per heavy atom. The third-order valence-corrected chi connectivity index (χ3v) is 6.65. The average molecular weight is 574 g/mol. The maximum absolute atomic E-state index is 12.2. The molecule has 0 unspecified atom stereocenters. The van der Waals surface area contributed by atoms with Crippen LogP contribution in [0.15, 0.2) is 47.0 Å². The van der Waals surface area contributed by atoms with E-state index in [2.05, 4.69) is 48.5 Å². The molecular weight excluding hydrogens is 551 g/mol. The molecule has 0 spiro atoms. The number of nitrogens with one attached hydrogen (secondary N) is 2. The van der Waals surface area contributed by atoms with Crippen molar-refractivity contribution in [2.45, 2.75) is 20.4 Å². The van der Waals surface area contributed by atoms with E-state index in [1.807, 2.05) is 56.3 Å². The van der Waals surface area contributed by atoms with Gasteiger partial charge in [0.2, 0.25) is 0 Å². The van der Waals surface area contributed by atoms with Gasteiger partial charge in [-0.2, -0.15) is 10.1 Å². The number of ether oxygens (including phenoxy) is 1. The first-order chi connectivity index (χ1) is 16.4. The standard InChI is InChI=1S/C23H23IN6O4/c1-14-21(24)15(2)30(28-14)12-19-27-23(34-29-19)22(32)26-11-10-25-20(31)13-33-18-9-5-7-16-6-3-4-8-17(16)18/h3-9H,10-13H2,1-2H3,(H,25,31)(H,26,32). The van der Waals surface area contributed by atoms with Crippen molar-refractivity contribution < 1.29 is 18.8 Å². The Kier molecular flexibility index (Phi) is 7.40. The minimum Gasteiger partial charge on any atom is -0.483 e. The fourth-order valence-electron chi connectivity index (χ4n) is 3.34. The second-order valence-electron chi connectivity index (χ2n) is 7.53. The van der Waals surface area contributed by atoms with Crippen molar-refractivity contribution in [3.63, 3.8) is 0 Å². The molecule has 4 rings (SSSR count). The Hall–Kier alpha value is -3.48. The molecular formula is C23H23IN6O4. The van der Waals surface area contributed by atoms with Gasteiger partial charge in [-0.3, -0.25) is 14.3 Å². The molecule has 4 aromatic rings. The predicted octanol–water partition coefficient (Wildman–Crippen LogP) is 2.61. The average Bonchev–Trinajstić information content (AvgIpc) is 3.41. The van der Waals surface area contributed by atoms with Gasteiger partial charge < -0.3 is 19.9 Å². The van der Waals surface area contributed by atoms with Crippen LogP contribution in [0.25, 0.3) is 10.8 Å². The quantitative estimate of drug-likeness (QED) is 0.233. The molecule has 0 bridgehead atoms. The summed E-state index contributed by atoms with van der Waals surface area (Å²) in [6.45, 7) is 4.49. The monoisotopic (exact) mass is 574 g/mol. The van der Waals surface area contributed by atoms with Crippen LogP contribution < -0.4 is 15.4 Å². The van der Waals surface area contributed by atoms with Crippen LogP contribution in [0.1, 0.15) is 27.9 Å². The van der Waals surface area contributed by atoms with E-state index in [-0.39, 0.29) is 31.5 Å². The Morgan fingerprint density at radius 3 is 2.65 bits per heavy atom. The summed E-state index contributed by atoms with van der Waals surface area (Å²) >= 11 is 2.23. The molecule has 0 atom stereocenters. The summed E-state index contributed by atoms with van der Waals surface area (Å²) in [4.78, 5) is 28.5. The first kappa shape index (κ1) is 23.7. The largest absolute Gasteiger partial charge is 0.483 e. The Balaban J connectivity index is 1.20. The molecule has 0 saturated carbocycles. The predicted molar refractivity (Wildman–Crippen MR) is 133 cm³/mol. The van der Waals surface area contributed by atoms with Crippen molar-refractivity contribution >= 4 is 45.2 Å². The minimum absolute atomic E-state index is 0.125. The second-order valence-corrected chi connectivity index (χ2v) is 8.61. The number of rotatable bonds is 9. The third-order valence-electron chi connectivity index (χ3n) is 5.09. The van der Waals surface area contributed by atoms with Gasteiger partial charge in [-0.05, 0) is 47.9 Å². The van der Waals surface area contributed by atoms with Gasteiger partial charge in [0.25, 0.3) is 5.91 Å². The Labute approximate surface area is 209 Å². The summed E-state index contributed by atoms with van der Waals surface area (Å²) in [5.41, 5.74) is 1.92. The maximum Gasteiger partial charge on any atom is 0.316 e. The zero-order valence-electron chi connectivity index (χ0n) is 18.7. The normalized spacial score (nSPS) is 10.9. The summed E-state index contributed by atoms with van der Waals surface area (Å²) in [5, 5.41) is 15.6. The molecule has 0 aliphatic rings. The number of hydrogen-bond donors (Lipinski definition) is 2. The van der Waals surface area contributed by atoms with Crippen LogP contribution in [-0.2, 0) is 11.3 Å². The minimum atomic E-state index is -0.511. The fraction of sp³-hybridized carbons (Fsp3) is 0.261. The third kappa shape index (κ3) is 5.53. The van der Waals surface area contributed by atoms with Gasteiger partial charge in [0.05, 0.1) is 9.26 Å². The van der Waals surface area contributed by atoms with Crippen LogP contribution in [0.5, 0.6) is 5.75 Å². The molecule has 11 heteroatoms. The van der Waals surface area contributed by atoms with Crippen molar-refractivity contribution in [2.75, 3.05) is 19.7 Å². The molecule has 2 heterocycles. The number of amides is 2. The number of hydrogen-bond acceptors (Lipinski definition) is 7. The van der Waals surface area contributed by atoms with Gasteiger partial charge in [0.15, 0.2) is 12.4 Å². The highest BCUT2D eigenvalue weighted by Gasteiger charge is 2.17. The summed E-state index contributed by atoms with van der Waals surface area (Å²) in [6, 6.07) is 13.5. The summed E-state index contributed by atoms with van der Waals surface area (Å²) in [6.07, 6.45) is 0. The van der Waals surface area contributed by atoms with Crippen LogP contribution in [-0.4, -0.2) is 51.4 Å². The van der Waals surface area contributed by atoms with Crippen LogP contribution in [0.3, 0.4) is 0 Å². The Morgan fingerprint density at radius 2 is 1.85 bits per heavy atom. The highest BCUT2D eigenvalue weighted by molar-refractivity contribution is 14.1. The SMILES string of the molecule is Cc1nn(Cc2noc(C(=O)NCCNC(=O)COc3cccc4ccccc34)n2)c(C)c1I. The van der Waals surface area contributed by atoms with Gasteiger partial charge in [0.1, 0.15) is 12.3 Å². The molecule has 0 aliphatic carbocycles. The highest BCUT2D eigenvalue weighted by atomic mass is 127. The van der Waals surface area contributed by atoms with Crippen molar-refractivity contribution in [3.8, 4) is 5.75 Å². The fourth-order valence-corrected chi connectivity index (χ4v) is 3.73. The highest BCUT2D eigenvalue weighted by Crippen LogP contribution is 2.24. The number of nitrogens with zero attached hydrogens (tertiary/aromatic N) is 4. The number of fused-ring (bicyclic) bond motifs is 1. The topological polar surface area (TPSA) is 124 Å².